The molecule has 0 radical (unpaired) electrons. The van der Waals surface area contributed by atoms with Crippen LogP contribution in [-0.4, -0.2) is 17.6 Å². The Labute approximate surface area is 95.1 Å². The molecular formula is C14H16N2. The third kappa shape index (κ3) is 1.11. The molecule has 1 aliphatic heterocycles. The van der Waals surface area contributed by atoms with Gasteiger partial charge in [-0.1, -0.05) is 18.2 Å². The first-order valence-electron chi connectivity index (χ1n) is 6.24. The first-order chi connectivity index (χ1) is 7.92. The minimum atomic E-state index is 0.713. The molecule has 2 heteroatoms. The number of hydrogen-bond acceptors (Lipinski definition) is 1. The van der Waals surface area contributed by atoms with Gasteiger partial charge in [-0.3, -0.25) is 0 Å². The van der Waals surface area contributed by atoms with Gasteiger partial charge in [0.2, 0.25) is 0 Å². The Hall–Kier alpha value is -1.28. The van der Waals surface area contributed by atoms with Crippen molar-refractivity contribution in [3.63, 3.8) is 0 Å². The number of H-pyrrole nitrogens is 1. The Bertz CT molecular complexity index is 541. The van der Waals surface area contributed by atoms with Crippen molar-refractivity contribution in [2.75, 3.05) is 6.54 Å². The van der Waals surface area contributed by atoms with E-state index in [0.29, 0.717) is 6.04 Å². The maximum Gasteiger partial charge on any atom is 0.0459 e. The van der Waals surface area contributed by atoms with Gasteiger partial charge in [0.05, 0.1) is 0 Å². The molecule has 0 saturated carbocycles. The molecule has 0 amide bonds. The summed E-state index contributed by atoms with van der Waals surface area (Å²) in [6, 6.07) is 9.44. The summed E-state index contributed by atoms with van der Waals surface area (Å²) in [6.45, 7) is 1.18. The Kier molecular flexibility index (Phi) is 1.71. The van der Waals surface area contributed by atoms with Crippen molar-refractivity contribution < 1.29 is 0 Å². The molecule has 1 fully saturated rings. The fourth-order valence-corrected chi connectivity index (χ4v) is 3.46. The molecule has 1 saturated heterocycles. The third-order valence-electron chi connectivity index (χ3n) is 4.20. The fraction of sp³-hybridized carbons (Fsp3) is 0.429. The first-order valence-corrected chi connectivity index (χ1v) is 6.24. The van der Waals surface area contributed by atoms with Crippen LogP contribution in [0.15, 0.2) is 24.3 Å². The van der Waals surface area contributed by atoms with Crippen molar-refractivity contribution in [2.45, 2.75) is 31.2 Å². The van der Waals surface area contributed by atoms with Gasteiger partial charge in [0.1, 0.15) is 0 Å². The number of aromatic nitrogens is 1. The van der Waals surface area contributed by atoms with Gasteiger partial charge in [0.15, 0.2) is 0 Å². The van der Waals surface area contributed by atoms with Crippen LogP contribution in [0.5, 0.6) is 0 Å². The quantitative estimate of drug-likeness (QED) is 0.690. The van der Waals surface area contributed by atoms with E-state index in [1.165, 1.54) is 42.4 Å². The normalized spacial score (nSPS) is 28.0. The largest absolute Gasteiger partial charge is 0.358 e. The number of fused-ring (bicyclic) bond motifs is 6. The van der Waals surface area contributed by atoms with Gasteiger partial charge in [-0.15, -0.1) is 0 Å². The van der Waals surface area contributed by atoms with Crippen molar-refractivity contribution in [1.29, 1.82) is 0 Å². The van der Waals surface area contributed by atoms with Crippen molar-refractivity contribution in [3.8, 4) is 0 Å². The van der Waals surface area contributed by atoms with Crippen LogP contribution < -0.4 is 5.32 Å². The van der Waals surface area contributed by atoms with Gasteiger partial charge >= 0.3 is 0 Å². The lowest BCUT2D eigenvalue weighted by Crippen LogP contribution is -2.41. The van der Waals surface area contributed by atoms with Crippen LogP contribution in [0.2, 0.25) is 0 Å². The molecule has 2 atom stereocenters. The van der Waals surface area contributed by atoms with Gasteiger partial charge in [0, 0.05) is 28.6 Å². The predicted molar refractivity (Wildman–Crippen MR) is 65.8 cm³/mol. The molecule has 2 N–H and O–H groups in total. The summed E-state index contributed by atoms with van der Waals surface area (Å²) in [4.78, 5) is 3.64. The molecule has 1 aliphatic carbocycles. The molecule has 2 heterocycles. The summed E-state index contributed by atoms with van der Waals surface area (Å²) in [5.41, 5.74) is 4.42. The van der Waals surface area contributed by atoms with E-state index in [0.717, 1.165) is 5.92 Å². The third-order valence-corrected chi connectivity index (χ3v) is 4.20. The molecule has 2 nitrogen and oxygen atoms in total. The number of piperidine rings is 1. The number of para-hydroxylation sites is 1. The standard InChI is InChI=1S/C14H16N2/c1-2-4-13-11(3-1)12-8-10-7-9(5-6-15-10)14(12)16-13/h1-4,9-10,15-16H,5-8H2/t9-,10+/m1/s1. The van der Waals surface area contributed by atoms with E-state index in [4.69, 9.17) is 0 Å². The van der Waals surface area contributed by atoms with E-state index in [1.807, 2.05) is 0 Å². The summed E-state index contributed by atoms with van der Waals surface area (Å²) in [5, 5.41) is 5.07. The topological polar surface area (TPSA) is 27.8 Å². The van der Waals surface area contributed by atoms with Gasteiger partial charge in [-0.25, -0.2) is 0 Å². The highest BCUT2D eigenvalue weighted by Crippen LogP contribution is 2.39. The minimum absolute atomic E-state index is 0.713. The zero-order chi connectivity index (χ0) is 10.5. The zero-order valence-corrected chi connectivity index (χ0v) is 9.29. The molecule has 1 aromatic heterocycles. The van der Waals surface area contributed by atoms with E-state index in [-0.39, 0.29) is 0 Å². The lowest BCUT2D eigenvalue weighted by Gasteiger charge is -2.35. The summed E-state index contributed by atoms with van der Waals surface area (Å²) in [5.74, 6) is 0.766. The monoisotopic (exact) mass is 212 g/mol. The molecule has 16 heavy (non-hydrogen) atoms. The Morgan fingerprint density at radius 3 is 3.12 bits per heavy atom. The number of benzene rings is 1. The average Bonchev–Trinajstić information content (AvgIpc) is 2.69. The maximum absolute atomic E-state index is 3.64. The molecule has 0 spiro atoms. The Morgan fingerprint density at radius 2 is 2.12 bits per heavy atom. The zero-order valence-electron chi connectivity index (χ0n) is 9.29. The molecule has 4 rings (SSSR count). The van der Waals surface area contributed by atoms with E-state index in [2.05, 4.69) is 34.6 Å². The van der Waals surface area contributed by atoms with E-state index < -0.39 is 0 Å². The van der Waals surface area contributed by atoms with Crippen LogP contribution >= 0.6 is 0 Å². The molecule has 1 aromatic carbocycles. The van der Waals surface area contributed by atoms with Gasteiger partial charge in [0.25, 0.3) is 0 Å². The highest BCUT2D eigenvalue weighted by atomic mass is 14.9. The van der Waals surface area contributed by atoms with Crippen molar-refractivity contribution in [1.82, 2.24) is 10.3 Å². The Morgan fingerprint density at radius 1 is 1.19 bits per heavy atom. The highest BCUT2D eigenvalue weighted by Gasteiger charge is 2.32. The number of aromatic amines is 1. The number of nitrogens with one attached hydrogen (secondary N) is 2. The SMILES string of the molecule is c1ccc2c3c([nH]c2c1)[C@@H]1CCN[C@H](C3)C1. The van der Waals surface area contributed by atoms with Gasteiger partial charge in [-0.05, 0) is 37.4 Å². The summed E-state index contributed by atoms with van der Waals surface area (Å²) in [7, 11) is 0. The smallest absolute Gasteiger partial charge is 0.0459 e. The Balaban J connectivity index is 1.97. The predicted octanol–water partition coefficient (Wildman–Crippen LogP) is 2.56. The number of rotatable bonds is 0. The second kappa shape index (κ2) is 3.11. The van der Waals surface area contributed by atoms with Crippen molar-refractivity contribution in [2.24, 2.45) is 0 Å². The molecule has 2 aliphatic rings. The van der Waals surface area contributed by atoms with Crippen LogP contribution in [0.1, 0.15) is 30.0 Å². The van der Waals surface area contributed by atoms with Crippen LogP contribution in [-0.2, 0) is 6.42 Å². The highest BCUT2D eigenvalue weighted by molar-refractivity contribution is 5.85. The van der Waals surface area contributed by atoms with E-state index >= 15 is 0 Å². The number of hydrogen-bond donors (Lipinski definition) is 2. The summed E-state index contributed by atoms with van der Waals surface area (Å²) in [6.07, 6.45) is 3.81. The lowest BCUT2D eigenvalue weighted by atomic mass is 9.79. The van der Waals surface area contributed by atoms with Crippen LogP contribution in [0.3, 0.4) is 0 Å². The summed E-state index contributed by atoms with van der Waals surface area (Å²) >= 11 is 0. The molecule has 2 bridgehead atoms. The van der Waals surface area contributed by atoms with Crippen LogP contribution in [0.4, 0.5) is 0 Å². The lowest BCUT2D eigenvalue weighted by molar-refractivity contribution is 0.336. The molecule has 2 aromatic rings. The van der Waals surface area contributed by atoms with Crippen LogP contribution in [0.25, 0.3) is 10.9 Å². The summed E-state index contributed by atoms with van der Waals surface area (Å²) < 4.78 is 0. The molecule has 0 unspecified atom stereocenters. The van der Waals surface area contributed by atoms with Crippen LogP contribution in [0, 0.1) is 0 Å². The first kappa shape index (κ1) is 8.82. The minimum Gasteiger partial charge on any atom is -0.358 e. The second-order valence-electron chi connectivity index (χ2n) is 5.14. The molecule has 82 valence electrons. The average molecular weight is 212 g/mol. The fourth-order valence-electron chi connectivity index (χ4n) is 3.46. The van der Waals surface area contributed by atoms with E-state index in [1.54, 1.807) is 5.56 Å². The molecular weight excluding hydrogens is 196 g/mol. The second-order valence-corrected chi connectivity index (χ2v) is 5.14. The van der Waals surface area contributed by atoms with Gasteiger partial charge in [-0.2, -0.15) is 0 Å². The van der Waals surface area contributed by atoms with Crippen molar-refractivity contribution >= 4 is 10.9 Å². The van der Waals surface area contributed by atoms with Gasteiger partial charge < -0.3 is 10.3 Å². The van der Waals surface area contributed by atoms with E-state index in [9.17, 15) is 0 Å². The maximum atomic E-state index is 3.64. The van der Waals surface area contributed by atoms with Crippen molar-refractivity contribution in [3.05, 3.63) is 35.5 Å².